The number of unbranched alkanes of at least 4 members (excludes halogenated alkanes) is 1. The minimum Gasteiger partial charge on any atom is -0.480 e. The highest BCUT2D eigenvalue weighted by molar-refractivity contribution is 5.89. The van der Waals surface area contributed by atoms with E-state index in [0.29, 0.717) is 37.2 Å². The molecule has 3 rings (SSSR count). The molecule has 0 spiro atoms. The molecule has 0 aliphatic carbocycles. The summed E-state index contributed by atoms with van der Waals surface area (Å²) in [7, 11) is 0. The molecule has 3 aromatic rings. The van der Waals surface area contributed by atoms with E-state index in [2.05, 4.69) is 16.0 Å². The summed E-state index contributed by atoms with van der Waals surface area (Å²) in [6, 6.07) is 9.54. The molecular weight excluding hydrogens is 740 g/mol. The number of aliphatic hydroxyl groups excluding tert-OH is 1. The number of carbonyl (C=O) groups excluding carboxylic acids is 4. The first-order valence-electron chi connectivity index (χ1n) is 19.1. The van der Waals surface area contributed by atoms with Crippen molar-refractivity contribution in [2.24, 2.45) is 16.9 Å². The van der Waals surface area contributed by atoms with E-state index in [1.807, 2.05) is 69.5 Å². The molecule has 0 bridgehead atoms. The number of nitrogens with two attached hydrogens (primary N) is 2. The largest absolute Gasteiger partial charge is 0.480 e. The first-order chi connectivity index (χ1) is 27.0. The summed E-state index contributed by atoms with van der Waals surface area (Å²) < 4.78 is 31.2. The van der Waals surface area contributed by atoms with E-state index in [-0.39, 0.29) is 24.9 Å². The van der Waals surface area contributed by atoms with Crippen LogP contribution in [-0.4, -0.2) is 93.6 Å². The SMILES string of the molecule is CC.CC(=O)NC(CCCCN)C(=O)NCC(NC(=O)C(N)CCN(C(=O)CO)C(c1cc(-c2cc(F)ccc2F)cn1Cc1ccccc1)C(C)(C)C)C(=O)O. The Hall–Kier alpha value is -5.19. The van der Waals surface area contributed by atoms with Crippen molar-refractivity contribution < 1.29 is 43.0 Å². The van der Waals surface area contributed by atoms with Gasteiger partial charge in [0.25, 0.3) is 0 Å². The van der Waals surface area contributed by atoms with Crippen LogP contribution < -0.4 is 27.4 Å². The van der Waals surface area contributed by atoms with Crippen molar-refractivity contribution in [3.8, 4) is 11.1 Å². The summed E-state index contributed by atoms with van der Waals surface area (Å²) >= 11 is 0. The van der Waals surface area contributed by atoms with Crippen LogP contribution in [-0.2, 0) is 30.5 Å². The van der Waals surface area contributed by atoms with Gasteiger partial charge in [0.2, 0.25) is 23.6 Å². The number of aliphatic hydroxyl groups is 1. The Morgan fingerprint density at radius 1 is 0.912 bits per heavy atom. The second-order valence-electron chi connectivity index (χ2n) is 14.5. The van der Waals surface area contributed by atoms with Gasteiger partial charge in [0, 0.05) is 49.6 Å². The first-order valence-corrected chi connectivity index (χ1v) is 19.1. The van der Waals surface area contributed by atoms with Crippen molar-refractivity contribution in [3.05, 3.63) is 83.7 Å². The molecule has 4 unspecified atom stereocenters. The Morgan fingerprint density at radius 2 is 1.58 bits per heavy atom. The average Bonchev–Trinajstić information content (AvgIpc) is 3.57. The summed E-state index contributed by atoms with van der Waals surface area (Å²) in [6.07, 6.45) is 2.93. The van der Waals surface area contributed by atoms with Crippen molar-refractivity contribution in [1.29, 1.82) is 0 Å². The van der Waals surface area contributed by atoms with Crippen LogP contribution in [0.1, 0.15) is 84.5 Å². The number of hydrogen-bond acceptors (Lipinski definition) is 8. The van der Waals surface area contributed by atoms with Gasteiger partial charge in [-0.05, 0) is 67.5 Å². The Morgan fingerprint density at radius 3 is 2.16 bits per heavy atom. The number of halogens is 2. The molecule has 2 aromatic carbocycles. The maximum atomic E-state index is 15.0. The highest BCUT2D eigenvalue weighted by Gasteiger charge is 2.38. The second kappa shape index (κ2) is 23.1. The van der Waals surface area contributed by atoms with Gasteiger partial charge in [-0.25, -0.2) is 13.6 Å². The molecule has 14 nitrogen and oxygen atoms in total. The molecule has 0 radical (unpaired) electrons. The van der Waals surface area contributed by atoms with Crippen molar-refractivity contribution in [2.45, 2.75) is 97.9 Å². The Balaban J connectivity index is 0.00000551. The normalized spacial score (nSPS) is 13.2. The van der Waals surface area contributed by atoms with Crippen molar-refractivity contribution in [2.75, 3.05) is 26.2 Å². The van der Waals surface area contributed by atoms with Gasteiger partial charge < -0.3 is 47.1 Å². The third kappa shape index (κ3) is 14.7. The number of benzene rings is 2. The van der Waals surface area contributed by atoms with E-state index in [0.717, 1.165) is 23.8 Å². The molecular formula is C41H59F2N7O7. The molecule has 0 saturated carbocycles. The van der Waals surface area contributed by atoms with Gasteiger partial charge in [-0.15, -0.1) is 0 Å². The minimum atomic E-state index is -1.58. The Labute approximate surface area is 333 Å². The standard InChI is InChI=1S/C39H53F2N7O7.C2H6/c1-24(50)45-31(12-8-9-16-42)37(53)44-20-32(38(54)55)46-36(52)30(43)15-17-48(34(51)23-49)35(39(2,3)4)33-18-26(28-19-27(40)13-14-29(28)41)22-47(33)21-25-10-6-5-7-11-25;1-2/h5-7,10-11,13-14,18-19,22,30-32,35,49H,8-9,12,15-17,20-21,23,42-43H2,1-4H3,(H,44,53)(H,45,50)(H,46,52)(H,54,55);1-2H3. The van der Waals surface area contributed by atoms with Crippen LogP contribution in [0.15, 0.2) is 60.8 Å². The predicted octanol–water partition coefficient (Wildman–Crippen LogP) is 3.45. The molecule has 314 valence electrons. The second-order valence-corrected chi connectivity index (χ2v) is 14.5. The molecule has 9 N–H and O–H groups in total. The van der Waals surface area contributed by atoms with Gasteiger partial charge in [0.1, 0.15) is 30.3 Å². The van der Waals surface area contributed by atoms with Gasteiger partial charge in [-0.1, -0.05) is 65.0 Å². The molecule has 1 aromatic heterocycles. The Kier molecular flexibility index (Phi) is 19.5. The minimum absolute atomic E-state index is 0.0147. The van der Waals surface area contributed by atoms with Crippen molar-refractivity contribution in [1.82, 2.24) is 25.4 Å². The van der Waals surface area contributed by atoms with Crippen LogP contribution in [0, 0.1) is 17.0 Å². The van der Waals surface area contributed by atoms with Crippen LogP contribution in [0.25, 0.3) is 11.1 Å². The van der Waals surface area contributed by atoms with E-state index < -0.39 is 84.0 Å². The van der Waals surface area contributed by atoms with E-state index in [4.69, 9.17) is 11.5 Å². The first kappa shape index (κ1) is 48.0. The molecule has 57 heavy (non-hydrogen) atoms. The molecule has 4 amide bonds. The van der Waals surface area contributed by atoms with Crippen LogP contribution in [0.2, 0.25) is 0 Å². The topological polar surface area (TPSA) is 222 Å². The zero-order chi connectivity index (χ0) is 42.9. The van der Waals surface area contributed by atoms with Crippen molar-refractivity contribution in [3.63, 3.8) is 0 Å². The summed E-state index contributed by atoms with van der Waals surface area (Å²) in [5.74, 6) is -5.38. The summed E-state index contributed by atoms with van der Waals surface area (Å²) in [5, 5.41) is 27.2. The van der Waals surface area contributed by atoms with E-state index in [1.165, 1.54) is 11.8 Å². The van der Waals surface area contributed by atoms with Crippen LogP contribution in [0.4, 0.5) is 8.78 Å². The van der Waals surface area contributed by atoms with Crippen LogP contribution in [0.5, 0.6) is 0 Å². The Bertz CT molecular complexity index is 1780. The summed E-state index contributed by atoms with van der Waals surface area (Å²) in [5.41, 5.74) is 12.8. The number of rotatable bonds is 20. The number of carboxylic acids is 1. The lowest BCUT2D eigenvalue weighted by Gasteiger charge is -2.41. The highest BCUT2D eigenvalue weighted by Crippen LogP contribution is 2.41. The fraction of sp³-hybridized carbons (Fsp3) is 0.488. The van der Waals surface area contributed by atoms with Crippen LogP contribution >= 0.6 is 0 Å². The smallest absolute Gasteiger partial charge is 0.328 e. The van der Waals surface area contributed by atoms with Crippen LogP contribution in [0.3, 0.4) is 0 Å². The van der Waals surface area contributed by atoms with E-state index in [1.54, 1.807) is 12.3 Å². The number of hydrogen-bond donors (Lipinski definition) is 7. The lowest BCUT2D eigenvalue weighted by Crippen LogP contribution is -2.55. The van der Waals surface area contributed by atoms with Gasteiger partial charge in [0.05, 0.1) is 12.1 Å². The third-order valence-electron chi connectivity index (χ3n) is 8.99. The average molecular weight is 800 g/mol. The quantitative estimate of drug-likeness (QED) is 0.0831. The number of amides is 4. The number of nitrogens with zero attached hydrogens (tertiary/aromatic N) is 2. The summed E-state index contributed by atoms with van der Waals surface area (Å²) in [4.78, 5) is 64.6. The van der Waals surface area contributed by atoms with E-state index in [9.17, 15) is 38.6 Å². The third-order valence-corrected chi connectivity index (χ3v) is 8.99. The molecule has 1 heterocycles. The highest BCUT2D eigenvalue weighted by atomic mass is 19.1. The fourth-order valence-corrected chi connectivity index (χ4v) is 6.32. The maximum absolute atomic E-state index is 15.0. The van der Waals surface area contributed by atoms with Gasteiger partial charge in [0.15, 0.2) is 0 Å². The summed E-state index contributed by atoms with van der Waals surface area (Å²) in [6.45, 7) is 9.99. The monoisotopic (exact) mass is 799 g/mol. The van der Waals surface area contributed by atoms with E-state index >= 15 is 4.39 Å². The number of nitrogens with one attached hydrogen (secondary N) is 3. The van der Waals surface area contributed by atoms with Gasteiger partial charge in [-0.3, -0.25) is 19.2 Å². The molecule has 4 atom stereocenters. The number of aliphatic carboxylic acids is 1. The molecule has 0 aliphatic rings. The lowest BCUT2D eigenvalue weighted by molar-refractivity contribution is -0.142. The molecule has 16 heteroatoms. The fourth-order valence-electron chi connectivity index (χ4n) is 6.32. The zero-order valence-electron chi connectivity index (χ0n) is 33.7. The number of aromatic nitrogens is 1. The zero-order valence-corrected chi connectivity index (χ0v) is 33.7. The van der Waals surface area contributed by atoms with Crippen molar-refractivity contribution >= 4 is 29.6 Å². The molecule has 0 fully saturated rings. The molecule has 0 aliphatic heterocycles. The molecule has 0 saturated heterocycles. The maximum Gasteiger partial charge on any atom is 0.328 e. The lowest BCUT2D eigenvalue weighted by atomic mass is 9.82. The van der Waals surface area contributed by atoms with Gasteiger partial charge >= 0.3 is 5.97 Å². The predicted molar refractivity (Wildman–Crippen MR) is 213 cm³/mol. The van der Waals surface area contributed by atoms with Gasteiger partial charge in [-0.2, -0.15) is 0 Å². The number of carboxylic acid groups (broad SMARTS) is 1. The number of carbonyl (C=O) groups is 5.